The van der Waals surface area contributed by atoms with Crippen molar-refractivity contribution in [1.82, 2.24) is 4.90 Å². The molecule has 86 valence electrons. The maximum atomic E-state index is 11.5. The lowest BCUT2D eigenvalue weighted by Gasteiger charge is -2.26. The van der Waals surface area contributed by atoms with Gasteiger partial charge in [0.05, 0.1) is 20.3 Å². The van der Waals surface area contributed by atoms with Crippen LogP contribution in [-0.2, 0) is 19.0 Å². The van der Waals surface area contributed by atoms with Gasteiger partial charge in [0, 0.05) is 13.1 Å². The number of hydrogen-bond acceptors (Lipinski definition) is 5. The van der Waals surface area contributed by atoms with Crippen molar-refractivity contribution in [2.45, 2.75) is 13.0 Å². The number of morpholine rings is 1. The first-order valence-electron chi connectivity index (χ1n) is 4.76. The number of amides is 1. The summed E-state index contributed by atoms with van der Waals surface area (Å²) in [4.78, 5) is 24.0. The molecule has 1 aliphatic rings. The molecular weight excluding hydrogens is 202 g/mol. The lowest BCUT2D eigenvalue weighted by molar-refractivity contribution is -0.150. The molecule has 0 aromatic carbocycles. The first kappa shape index (κ1) is 11.8. The molecule has 1 rings (SSSR count). The van der Waals surface area contributed by atoms with Gasteiger partial charge in [-0.25, -0.2) is 9.59 Å². The fourth-order valence-electron chi connectivity index (χ4n) is 1.19. The third-order valence-electron chi connectivity index (χ3n) is 2.08. The van der Waals surface area contributed by atoms with E-state index in [1.54, 1.807) is 0 Å². The normalized spacial score (nSPS) is 18.1. The zero-order valence-electron chi connectivity index (χ0n) is 8.89. The van der Waals surface area contributed by atoms with E-state index in [4.69, 9.17) is 9.47 Å². The van der Waals surface area contributed by atoms with Crippen molar-refractivity contribution in [2.75, 3.05) is 33.4 Å². The number of ether oxygens (including phenoxy) is 3. The van der Waals surface area contributed by atoms with Crippen LogP contribution in [0.3, 0.4) is 0 Å². The number of esters is 1. The van der Waals surface area contributed by atoms with Gasteiger partial charge >= 0.3 is 12.1 Å². The van der Waals surface area contributed by atoms with E-state index in [1.165, 1.54) is 18.9 Å². The molecule has 1 saturated heterocycles. The highest BCUT2D eigenvalue weighted by Gasteiger charge is 2.23. The summed E-state index contributed by atoms with van der Waals surface area (Å²) in [5.41, 5.74) is 0. The van der Waals surface area contributed by atoms with Crippen LogP contribution in [0.2, 0.25) is 0 Å². The fourth-order valence-corrected chi connectivity index (χ4v) is 1.19. The number of nitrogens with zero attached hydrogens (tertiary/aromatic N) is 1. The molecule has 0 aromatic heterocycles. The Labute approximate surface area is 88.1 Å². The number of methoxy groups -OCH3 is 1. The summed E-state index contributed by atoms with van der Waals surface area (Å²) in [6, 6.07) is 0. The Morgan fingerprint density at radius 3 is 2.47 bits per heavy atom. The predicted octanol–water partition coefficient (Wildman–Crippen LogP) is 0.0167. The maximum Gasteiger partial charge on any atom is 0.410 e. The molecule has 0 aliphatic carbocycles. The highest BCUT2D eigenvalue weighted by molar-refractivity contribution is 5.78. The van der Waals surface area contributed by atoms with E-state index >= 15 is 0 Å². The number of carbonyl (C=O) groups excluding carboxylic acids is 2. The van der Waals surface area contributed by atoms with Gasteiger partial charge < -0.3 is 19.1 Å². The Morgan fingerprint density at radius 2 is 1.93 bits per heavy atom. The van der Waals surface area contributed by atoms with Crippen LogP contribution >= 0.6 is 0 Å². The molecule has 0 bridgehead atoms. The molecular formula is C9H15NO5. The summed E-state index contributed by atoms with van der Waals surface area (Å²) in [6.07, 6.45) is -1.37. The molecule has 6 heteroatoms. The quantitative estimate of drug-likeness (QED) is 0.610. The molecule has 1 amide bonds. The number of carbonyl (C=O) groups is 2. The molecule has 0 N–H and O–H groups in total. The van der Waals surface area contributed by atoms with Crippen LogP contribution in [0.25, 0.3) is 0 Å². The van der Waals surface area contributed by atoms with Gasteiger partial charge in [-0.15, -0.1) is 0 Å². The van der Waals surface area contributed by atoms with E-state index in [-0.39, 0.29) is 0 Å². The minimum Gasteiger partial charge on any atom is -0.466 e. The zero-order valence-corrected chi connectivity index (χ0v) is 8.89. The first-order valence-corrected chi connectivity index (χ1v) is 4.76. The highest BCUT2D eigenvalue weighted by atomic mass is 16.6. The van der Waals surface area contributed by atoms with Gasteiger partial charge in [-0.2, -0.15) is 0 Å². The molecule has 0 spiro atoms. The van der Waals surface area contributed by atoms with Gasteiger partial charge in [0.1, 0.15) is 0 Å². The van der Waals surface area contributed by atoms with Gasteiger partial charge in [-0.3, -0.25) is 0 Å². The molecule has 0 aromatic rings. The van der Waals surface area contributed by atoms with E-state index in [9.17, 15) is 9.59 Å². The van der Waals surface area contributed by atoms with Crippen molar-refractivity contribution in [3.8, 4) is 0 Å². The smallest absolute Gasteiger partial charge is 0.410 e. The van der Waals surface area contributed by atoms with Gasteiger partial charge in [0.25, 0.3) is 0 Å². The molecule has 6 nitrogen and oxygen atoms in total. The summed E-state index contributed by atoms with van der Waals surface area (Å²) in [5, 5.41) is 0. The largest absolute Gasteiger partial charge is 0.466 e. The summed E-state index contributed by atoms with van der Waals surface area (Å²) in [5.74, 6) is -0.559. The maximum absolute atomic E-state index is 11.5. The minimum absolute atomic E-state index is 0.493. The molecule has 1 fully saturated rings. The van der Waals surface area contributed by atoms with Gasteiger partial charge in [-0.1, -0.05) is 0 Å². The third kappa shape index (κ3) is 3.39. The molecule has 15 heavy (non-hydrogen) atoms. The number of hydrogen-bond donors (Lipinski definition) is 0. The molecule has 0 saturated carbocycles. The van der Waals surface area contributed by atoms with E-state index < -0.39 is 18.2 Å². The van der Waals surface area contributed by atoms with Crippen LogP contribution in [0.15, 0.2) is 0 Å². The van der Waals surface area contributed by atoms with Crippen LogP contribution in [0, 0.1) is 0 Å². The fraction of sp³-hybridized carbons (Fsp3) is 0.778. The third-order valence-corrected chi connectivity index (χ3v) is 2.08. The lowest BCUT2D eigenvalue weighted by Crippen LogP contribution is -2.43. The monoisotopic (exact) mass is 217 g/mol. The summed E-state index contributed by atoms with van der Waals surface area (Å²) in [6.45, 7) is 3.47. The van der Waals surface area contributed by atoms with E-state index in [0.717, 1.165) is 0 Å². The second-order valence-corrected chi connectivity index (χ2v) is 3.15. The Bertz CT molecular complexity index is 237. The van der Waals surface area contributed by atoms with Crippen LogP contribution < -0.4 is 0 Å². The van der Waals surface area contributed by atoms with E-state index in [2.05, 4.69) is 4.74 Å². The molecule has 1 atom stereocenters. The van der Waals surface area contributed by atoms with E-state index in [0.29, 0.717) is 26.3 Å². The summed E-state index contributed by atoms with van der Waals surface area (Å²) in [7, 11) is 1.25. The van der Waals surface area contributed by atoms with E-state index in [1.807, 2.05) is 0 Å². The first-order chi connectivity index (χ1) is 7.15. The SMILES string of the molecule is COC(=O)C(C)OC(=O)N1CCOCC1. The lowest BCUT2D eigenvalue weighted by atomic mass is 10.4. The minimum atomic E-state index is -0.870. The Morgan fingerprint density at radius 1 is 1.33 bits per heavy atom. The van der Waals surface area contributed by atoms with Crippen molar-refractivity contribution in [1.29, 1.82) is 0 Å². The van der Waals surface area contributed by atoms with Crippen LogP contribution in [0.5, 0.6) is 0 Å². The Hall–Kier alpha value is -1.30. The predicted molar refractivity (Wildman–Crippen MR) is 50.4 cm³/mol. The van der Waals surface area contributed by atoms with Crippen molar-refractivity contribution < 1.29 is 23.8 Å². The standard InChI is InChI=1S/C9H15NO5/c1-7(8(11)13-2)15-9(12)10-3-5-14-6-4-10/h7H,3-6H2,1-2H3. The Kier molecular flexibility index (Phi) is 4.36. The summed E-state index contributed by atoms with van der Waals surface area (Å²) >= 11 is 0. The average molecular weight is 217 g/mol. The van der Waals surface area contributed by atoms with Gasteiger partial charge in [0.15, 0.2) is 6.10 Å². The van der Waals surface area contributed by atoms with Gasteiger partial charge in [-0.05, 0) is 6.92 Å². The van der Waals surface area contributed by atoms with Crippen LogP contribution in [-0.4, -0.2) is 56.5 Å². The van der Waals surface area contributed by atoms with Crippen molar-refractivity contribution >= 4 is 12.1 Å². The topological polar surface area (TPSA) is 65.1 Å². The molecule has 1 aliphatic heterocycles. The van der Waals surface area contributed by atoms with Crippen molar-refractivity contribution in [3.05, 3.63) is 0 Å². The van der Waals surface area contributed by atoms with Crippen LogP contribution in [0.1, 0.15) is 6.92 Å². The second-order valence-electron chi connectivity index (χ2n) is 3.15. The van der Waals surface area contributed by atoms with Crippen molar-refractivity contribution in [2.24, 2.45) is 0 Å². The molecule has 1 heterocycles. The average Bonchev–Trinajstić information content (AvgIpc) is 2.29. The second kappa shape index (κ2) is 5.55. The summed E-state index contributed by atoms with van der Waals surface area (Å²) < 4.78 is 14.4. The number of rotatable bonds is 2. The highest BCUT2D eigenvalue weighted by Crippen LogP contribution is 2.03. The zero-order chi connectivity index (χ0) is 11.3. The Balaban J connectivity index is 2.36. The molecule has 0 radical (unpaired) electrons. The van der Waals surface area contributed by atoms with Crippen LogP contribution in [0.4, 0.5) is 4.79 Å². The van der Waals surface area contributed by atoms with Crippen molar-refractivity contribution in [3.63, 3.8) is 0 Å². The molecule has 1 unspecified atom stereocenters. The van der Waals surface area contributed by atoms with Gasteiger partial charge in [0.2, 0.25) is 0 Å².